The van der Waals surface area contributed by atoms with E-state index in [0.717, 1.165) is 24.4 Å². The summed E-state index contributed by atoms with van der Waals surface area (Å²) in [6.45, 7) is 6.40. The summed E-state index contributed by atoms with van der Waals surface area (Å²) in [7, 11) is 0. The van der Waals surface area contributed by atoms with E-state index in [9.17, 15) is 0 Å². The number of fused-ring (bicyclic) bond motifs is 1. The first-order valence-electron chi connectivity index (χ1n) is 7.40. The molecule has 1 aliphatic rings. The summed E-state index contributed by atoms with van der Waals surface area (Å²) >= 11 is 6.23. The van der Waals surface area contributed by atoms with Crippen molar-refractivity contribution < 1.29 is 0 Å². The summed E-state index contributed by atoms with van der Waals surface area (Å²) in [5.74, 6) is 1.79. The number of pyridine rings is 1. The number of benzene rings is 1. The smallest absolute Gasteiger partial charge is 0.132 e. The Kier molecular flexibility index (Phi) is 3.84. The highest BCUT2D eigenvalue weighted by molar-refractivity contribution is 6.20. The van der Waals surface area contributed by atoms with Gasteiger partial charge in [-0.25, -0.2) is 4.98 Å². The van der Waals surface area contributed by atoms with E-state index in [0.29, 0.717) is 5.92 Å². The molecule has 3 rings (SSSR count). The van der Waals surface area contributed by atoms with Crippen LogP contribution in [0.25, 0.3) is 10.9 Å². The summed E-state index contributed by atoms with van der Waals surface area (Å²) in [5.41, 5.74) is 2.35. The number of hydrogen-bond donors (Lipinski definition) is 0. The number of hydrogen-bond acceptors (Lipinski definition) is 2. The predicted molar refractivity (Wildman–Crippen MR) is 86.7 cm³/mol. The lowest BCUT2D eigenvalue weighted by Crippen LogP contribution is -2.36. The van der Waals surface area contributed by atoms with Gasteiger partial charge in [0, 0.05) is 23.9 Å². The van der Waals surface area contributed by atoms with Gasteiger partial charge >= 0.3 is 0 Å². The van der Waals surface area contributed by atoms with Gasteiger partial charge in [0.1, 0.15) is 5.82 Å². The molecule has 0 saturated carbocycles. The van der Waals surface area contributed by atoms with E-state index >= 15 is 0 Å². The fourth-order valence-corrected chi connectivity index (χ4v) is 3.35. The molecule has 0 aliphatic carbocycles. The third-order valence-electron chi connectivity index (χ3n) is 4.38. The van der Waals surface area contributed by atoms with Crippen LogP contribution in [0, 0.1) is 12.8 Å². The minimum atomic E-state index is 0.280. The number of piperidine rings is 1. The van der Waals surface area contributed by atoms with Gasteiger partial charge in [0.25, 0.3) is 0 Å². The van der Waals surface area contributed by atoms with Crippen molar-refractivity contribution in [2.75, 3.05) is 18.0 Å². The van der Waals surface area contributed by atoms with Gasteiger partial charge in [0.2, 0.25) is 0 Å². The number of aryl methyl sites for hydroxylation is 1. The van der Waals surface area contributed by atoms with Gasteiger partial charge < -0.3 is 4.90 Å². The van der Waals surface area contributed by atoms with Gasteiger partial charge in [-0.1, -0.05) is 18.2 Å². The monoisotopic (exact) mass is 288 g/mol. The maximum absolute atomic E-state index is 6.23. The Bertz CT molecular complexity index is 601. The zero-order valence-corrected chi connectivity index (χ0v) is 12.9. The fraction of sp³-hybridized carbons (Fsp3) is 0.471. The molecule has 1 saturated heterocycles. The van der Waals surface area contributed by atoms with Crippen LogP contribution < -0.4 is 4.90 Å². The molecule has 1 aromatic heterocycles. The fourth-order valence-electron chi connectivity index (χ4n) is 3.10. The van der Waals surface area contributed by atoms with E-state index in [1.54, 1.807) is 0 Å². The lowest BCUT2D eigenvalue weighted by Gasteiger charge is -2.34. The maximum atomic E-state index is 6.23. The highest BCUT2D eigenvalue weighted by atomic mass is 35.5. The van der Waals surface area contributed by atoms with Crippen LogP contribution in [0.3, 0.4) is 0 Å². The second-order valence-corrected chi connectivity index (χ2v) is 6.51. The summed E-state index contributed by atoms with van der Waals surface area (Å²) < 4.78 is 0. The zero-order valence-electron chi connectivity index (χ0n) is 12.1. The van der Waals surface area contributed by atoms with Gasteiger partial charge in [0.15, 0.2) is 0 Å². The van der Waals surface area contributed by atoms with Crippen LogP contribution >= 0.6 is 11.6 Å². The minimum Gasteiger partial charge on any atom is -0.356 e. The average Bonchev–Trinajstić information content (AvgIpc) is 2.46. The van der Waals surface area contributed by atoms with E-state index in [-0.39, 0.29) is 5.38 Å². The summed E-state index contributed by atoms with van der Waals surface area (Å²) in [6, 6.07) is 10.6. The van der Waals surface area contributed by atoms with E-state index in [1.165, 1.54) is 23.8 Å². The van der Waals surface area contributed by atoms with Crippen LogP contribution in [0.5, 0.6) is 0 Å². The highest BCUT2D eigenvalue weighted by Crippen LogP contribution is 2.29. The van der Waals surface area contributed by atoms with Crippen LogP contribution in [0.4, 0.5) is 5.82 Å². The number of aromatic nitrogens is 1. The van der Waals surface area contributed by atoms with Crippen molar-refractivity contribution >= 4 is 28.3 Å². The third kappa shape index (κ3) is 2.62. The predicted octanol–water partition coefficient (Wildman–Crippen LogP) is 4.39. The number of anilines is 1. The Morgan fingerprint density at radius 1 is 1.25 bits per heavy atom. The Balaban J connectivity index is 1.86. The van der Waals surface area contributed by atoms with Gasteiger partial charge in [0.05, 0.1) is 5.52 Å². The SMILES string of the molecule is Cc1cc2ccccc2nc1N1CCC(C(C)Cl)CC1. The second-order valence-electron chi connectivity index (χ2n) is 5.82. The topological polar surface area (TPSA) is 16.1 Å². The molecule has 2 heterocycles. The number of halogens is 1. The normalized spacial score (nSPS) is 18.4. The molecular formula is C17H21ClN2. The first-order chi connectivity index (χ1) is 9.65. The molecule has 0 N–H and O–H groups in total. The number of nitrogens with zero attached hydrogens (tertiary/aromatic N) is 2. The molecule has 3 heteroatoms. The maximum Gasteiger partial charge on any atom is 0.132 e. The van der Waals surface area contributed by atoms with Crippen LogP contribution in [0.1, 0.15) is 25.3 Å². The van der Waals surface area contributed by atoms with Gasteiger partial charge in [-0.2, -0.15) is 0 Å². The van der Waals surface area contributed by atoms with Crippen molar-refractivity contribution in [3.05, 3.63) is 35.9 Å². The molecule has 106 valence electrons. The number of alkyl halides is 1. The van der Waals surface area contributed by atoms with E-state index in [2.05, 4.69) is 49.1 Å². The molecule has 0 bridgehead atoms. The summed E-state index contributed by atoms with van der Waals surface area (Å²) in [6.07, 6.45) is 2.33. The quantitative estimate of drug-likeness (QED) is 0.762. The van der Waals surface area contributed by atoms with Crippen LogP contribution in [0.15, 0.2) is 30.3 Å². The third-order valence-corrected chi connectivity index (χ3v) is 4.73. The van der Waals surface area contributed by atoms with Crippen molar-refractivity contribution in [1.82, 2.24) is 4.98 Å². The molecule has 1 fully saturated rings. The number of para-hydroxylation sites is 1. The van der Waals surface area contributed by atoms with Crippen LogP contribution in [0.2, 0.25) is 0 Å². The first-order valence-corrected chi connectivity index (χ1v) is 7.84. The second kappa shape index (κ2) is 5.61. The summed E-state index contributed by atoms with van der Waals surface area (Å²) in [4.78, 5) is 7.28. The van der Waals surface area contributed by atoms with Crippen LogP contribution in [-0.2, 0) is 0 Å². The molecule has 1 atom stereocenters. The molecule has 2 nitrogen and oxygen atoms in total. The van der Waals surface area contributed by atoms with Crippen LogP contribution in [-0.4, -0.2) is 23.5 Å². The summed E-state index contributed by atoms with van der Waals surface area (Å²) in [5, 5.41) is 1.50. The first kappa shape index (κ1) is 13.7. The number of rotatable bonds is 2. The van der Waals surface area contributed by atoms with Crippen molar-refractivity contribution in [2.45, 2.75) is 32.1 Å². The molecule has 1 unspecified atom stereocenters. The van der Waals surface area contributed by atoms with E-state index < -0.39 is 0 Å². The molecule has 1 aliphatic heterocycles. The largest absolute Gasteiger partial charge is 0.356 e. The van der Waals surface area contributed by atoms with Gasteiger partial charge in [-0.05, 0) is 50.3 Å². The Hall–Kier alpha value is -1.28. The molecule has 0 spiro atoms. The average molecular weight is 289 g/mol. The Morgan fingerprint density at radius 3 is 2.65 bits per heavy atom. The zero-order chi connectivity index (χ0) is 14.1. The van der Waals surface area contributed by atoms with Crippen molar-refractivity contribution in [3.63, 3.8) is 0 Å². The van der Waals surface area contributed by atoms with Crippen molar-refractivity contribution in [1.29, 1.82) is 0 Å². The molecule has 20 heavy (non-hydrogen) atoms. The molecule has 1 aromatic carbocycles. The molecular weight excluding hydrogens is 268 g/mol. The standard InChI is InChI=1S/C17H21ClN2/c1-12-11-15-5-3-4-6-16(15)19-17(12)20-9-7-14(8-10-20)13(2)18/h3-6,11,13-14H,7-10H2,1-2H3. The van der Waals surface area contributed by atoms with Gasteiger partial charge in [-0.15, -0.1) is 11.6 Å². The van der Waals surface area contributed by atoms with Crippen molar-refractivity contribution in [2.24, 2.45) is 5.92 Å². The van der Waals surface area contributed by atoms with E-state index in [4.69, 9.17) is 16.6 Å². The Labute approximate surface area is 125 Å². The van der Waals surface area contributed by atoms with E-state index in [1.807, 2.05) is 0 Å². The van der Waals surface area contributed by atoms with Crippen molar-refractivity contribution in [3.8, 4) is 0 Å². The van der Waals surface area contributed by atoms with Gasteiger partial charge in [-0.3, -0.25) is 0 Å². The molecule has 2 aromatic rings. The lowest BCUT2D eigenvalue weighted by atomic mass is 9.94. The highest BCUT2D eigenvalue weighted by Gasteiger charge is 2.24. The Morgan fingerprint density at radius 2 is 1.95 bits per heavy atom. The minimum absolute atomic E-state index is 0.280. The molecule has 0 amide bonds. The molecule has 0 radical (unpaired) electrons. The lowest BCUT2D eigenvalue weighted by molar-refractivity contribution is 0.398.